The van der Waals surface area contributed by atoms with Crippen LogP contribution in [0.1, 0.15) is 39.0 Å². The molecular weight excluding hydrogens is 270 g/mol. The van der Waals surface area contributed by atoms with Gasteiger partial charge in [-0.3, -0.25) is 9.48 Å². The van der Waals surface area contributed by atoms with Gasteiger partial charge < -0.3 is 10.4 Å². The van der Waals surface area contributed by atoms with Gasteiger partial charge in [0.2, 0.25) is 0 Å². The van der Waals surface area contributed by atoms with Crippen LogP contribution < -0.4 is 5.32 Å². The average molecular weight is 287 g/mol. The number of aromatic carboxylic acids is 1. The molecular formula is C15H17N3O3. The number of nitrogens with one attached hydrogen (secondary N) is 1. The van der Waals surface area contributed by atoms with Crippen LogP contribution in [0.3, 0.4) is 0 Å². The summed E-state index contributed by atoms with van der Waals surface area (Å²) in [4.78, 5) is 23.2. The zero-order chi connectivity index (χ0) is 15.6. The van der Waals surface area contributed by atoms with Gasteiger partial charge in [-0.15, -0.1) is 0 Å². The number of hydrogen-bond acceptors (Lipinski definition) is 3. The van der Waals surface area contributed by atoms with Gasteiger partial charge in [-0.25, -0.2) is 4.79 Å². The smallest absolute Gasteiger partial charge is 0.335 e. The van der Waals surface area contributed by atoms with Gasteiger partial charge in [-0.1, -0.05) is 6.92 Å². The van der Waals surface area contributed by atoms with Gasteiger partial charge in [0.05, 0.1) is 11.3 Å². The number of carboxylic acid groups (broad SMARTS) is 1. The molecule has 0 spiro atoms. The maximum atomic E-state index is 12.2. The number of anilines is 1. The topological polar surface area (TPSA) is 84.2 Å². The van der Waals surface area contributed by atoms with Gasteiger partial charge in [0, 0.05) is 12.7 Å². The highest BCUT2D eigenvalue weighted by Gasteiger charge is 2.14. The highest BCUT2D eigenvalue weighted by molar-refractivity contribution is 6.03. The molecule has 2 aromatic rings. The Balaban J connectivity index is 2.21. The fraction of sp³-hybridized carbons (Fsp3) is 0.267. The van der Waals surface area contributed by atoms with Crippen LogP contribution in [0.5, 0.6) is 0 Å². The average Bonchev–Trinajstić information content (AvgIpc) is 2.79. The summed E-state index contributed by atoms with van der Waals surface area (Å²) in [5, 5.41) is 16.0. The highest BCUT2D eigenvalue weighted by Crippen LogP contribution is 2.16. The second-order valence-electron chi connectivity index (χ2n) is 4.79. The number of nitrogens with zero attached hydrogens (tertiary/aromatic N) is 2. The summed E-state index contributed by atoms with van der Waals surface area (Å²) >= 11 is 0. The van der Waals surface area contributed by atoms with E-state index < -0.39 is 5.97 Å². The molecule has 0 aliphatic heterocycles. The van der Waals surface area contributed by atoms with Gasteiger partial charge >= 0.3 is 5.97 Å². The van der Waals surface area contributed by atoms with Crippen molar-refractivity contribution < 1.29 is 14.7 Å². The summed E-state index contributed by atoms with van der Waals surface area (Å²) in [6, 6.07) is 6.44. The Morgan fingerprint density at radius 3 is 2.57 bits per heavy atom. The van der Waals surface area contributed by atoms with Gasteiger partial charge in [0.25, 0.3) is 5.91 Å². The summed E-state index contributed by atoms with van der Waals surface area (Å²) in [6.45, 7) is 3.66. The molecule has 1 aromatic heterocycles. The van der Waals surface area contributed by atoms with E-state index in [1.807, 2.05) is 6.92 Å². The second-order valence-corrected chi connectivity index (χ2v) is 4.79. The molecule has 0 unspecified atom stereocenters. The standard InChI is InChI=1S/C15H17N3O3/c1-4-10-8-13(18(3)17-10)14(19)16-11-5-6-12(15(20)21)9(2)7-11/h5-8H,4H2,1-3H3,(H,16,19)(H,20,21). The zero-order valence-electron chi connectivity index (χ0n) is 12.2. The van der Waals surface area contributed by atoms with Crippen molar-refractivity contribution in [1.82, 2.24) is 9.78 Å². The van der Waals surface area contributed by atoms with Crippen LogP contribution in [0, 0.1) is 6.92 Å². The predicted molar refractivity (Wildman–Crippen MR) is 78.7 cm³/mol. The number of rotatable bonds is 4. The Kier molecular flexibility index (Phi) is 4.07. The van der Waals surface area contributed by atoms with Gasteiger partial charge in [0.1, 0.15) is 5.69 Å². The summed E-state index contributed by atoms with van der Waals surface area (Å²) in [7, 11) is 1.72. The van der Waals surface area contributed by atoms with Crippen molar-refractivity contribution in [3.8, 4) is 0 Å². The molecule has 0 bridgehead atoms. The Morgan fingerprint density at radius 1 is 1.33 bits per heavy atom. The quantitative estimate of drug-likeness (QED) is 0.903. The van der Waals surface area contributed by atoms with E-state index in [-0.39, 0.29) is 11.5 Å². The number of aryl methyl sites for hydroxylation is 3. The van der Waals surface area contributed by atoms with Crippen molar-refractivity contribution in [3.63, 3.8) is 0 Å². The molecule has 0 saturated carbocycles. The van der Waals surface area contributed by atoms with E-state index in [0.29, 0.717) is 16.9 Å². The highest BCUT2D eigenvalue weighted by atomic mass is 16.4. The lowest BCUT2D eigenvalue weighted by Crippen LogP contribution is -2.16. The normalized spacial score (nSPS) is 10.4. The number of aromatic nitrogens is 2. The van der Waals surface area contributed by atoms with Crippen LogP contribution in [-0.2, 0) is 13.5 Å². The molecule has 0 fully saturated rings. The third kappa shape index (κ3) is 3.10. The number of carbonyl (C=O) groups is 2. The van der Waals surface area contributed by atoms with E-state index in [0.717, 1.165) is 12.1 Å². The summed E-state index contributed by atoms with van der Waals surface area (Å²) in [6.07, 6.45) is 0.757. The number of carboxylic acids is 1. The van der Waals surface area contributed by atoms with Crippen LogP contribution in [0.4, 0.5) is 5.69 Å². The van der Waals surface area contributed by atoms with E-state index >= 15 is 0 Å². The molecule has 110 valence electrons. The predicted octanol–water partition coefficient (Wildman–Crippen LogP) is 2.24. The van der Waals surface area contributed by atoms with E-state index in [4.69, 9.17) is 5.11 Å². The molecule has 0 radical (unpaired) electrons. The maximum absolute atomic E-state index is 12.2. The lowest BCUT2D eigenvalue weighted by atomic mass is 10.1. The molecule has 1 amide bonds. The number of amides is 1. The number of carbonyl (C=O) groups excluding carboxylic acids is 1. The van der Waals surface area contributed by atoms with Gasteiger partial charge in [-0.05, 0) is 43.2 Å². The Bertz CT molecular complexity index is 704. The molecule has 2 rings (SSSR count). The molecule has 1 aromatic carbocycles. The molecule has 0 atom stereocenters. The van der Waals surface area contributed by atoms with Crippen molar-refractivity contribution in [2.75, 3.05) is 5.32 Å². The SMILES string of the molecule is CCc1cc(C(=O)Nc2ccc(C(=O)O)c(C)c2)n(C)n1. The Hall–Kier alpha value is -2.63. The van der Waals surface area contributed by atoms with E-state index in [2.05, 4.69) is 10.4 Å². The number of benzene rings is 1. The molecule has 6 heteroatoms. The summed E-state index contributed by atoms with van der Waals surface area (Å²) in [5.41, 5.74) is 2.69. The van der Waals surface area contributed by atoms with Crippen molar-refractivity contribution in [1.29, 1.82) is 0 Å². The van der Waals surface area contributed by atoms with Crippen LogP contribution in [0.2, 0.25) is 0 Å². The van der Waals surface area contributed by atoms with Gasteiger partial charge in [0.15, 0.2) is 0 Å². The molecule has 0 aliphatic carbocycles. The largest absolute Gasteiger partial charge is 0.478 e. The van der Waals surface area contributed by atoms with Crippen LogP contribution in [0.15, 0.2) is 24.3 Å². The minimum atomic E-state index is -0.982. The molecule has 0 saturated heterocycles. The molecule has 0 aliphatic rings. The zero-order valence-corrected chi connectivity index (χ0v) is 12.2. The van der Waals surface area contributed by atoms with E-state index in [1.165, 1.54) is 10.7 Å². The number of hydrogen-bond donors (Lipinski definition) is 2. The molecule has 1 heterocycles. The van der Waals surface area contributed by atoms with Crippen molar-refractivity contribution in [3.05, 3.63) is 46.8 Å². The summed E-state index contributed by atoms with van der Waals surface area (Å²) < 4.78 is 1.53. The first kappa shape index (κ1) is 14.8. The van der Waals surface area contributed by atoms with E-state index in [9.17, 15) is 9.59 Å². The van der Waals surface area contributed by atoms with Crippen molar-refractivity contribution in [2.24, 2.45) is 7.05 Å². The first-order valence-electron chi connectivity index (χ1n) is 6.60. The lowest BCUT2D eigenvalue weighted by Gasteiger charge is -2.07. The Morgan fingerprint density at radius 2 is 2.05 bits per heavy atom. The van der Waals surface area contributed by atoms with Gasteiger partial charge in [-0.2, -0.15) is 5.10 Å². The monoisotopic (exact) mass is 287 g/mol. The van der Waals surface area contributed by atoms with Crippen LogP contribution in [-0.4, -0.2) is 26.8 Å². The maximum Gasteiger partial charge on any atom is 0.335 e. The van der Waals surface area contributed by atoms with Crippen molar-refractivity contribution in [2.45, 2.75) is 20.3 Å². The third-order valence-electron chi connectivity index (χ3n) is 3.24. The minimum absolute atomic E-state index is 0.224. The van der Waals surface area contributed by atoms with Crippen LogP contribution in [0.25, 0.3) is 0 Å². The van der Waals surface area contributed by atoms with Crippen LogP contribution >= 0.6 is 0 Å². The molecule has 6 nitrogen and oxygen atoms in total. The first-order chi connectivity index (χ1) is 9.92. The van der Waals surface area contributed by atoms with E-state index in [1.54, 1.807) is 32.2 Å². The molecule has 2 N–H and O–H groups in total. The first-order valence-corrected chi connectivity index (χ1v) is 6.60. The summed E-state index contributed by atoms with van der Waals surface area (Å²) in [5.74, 6) is -1.25. The Labute approximate surface area is 122 Å². The second kappa shape index (κ2) is 5.78. The van der Waals surface area contributed by atoms with Crippen molar-refractivity contribution >= 4 is 17.6 Å². The minimum Gasteiger partial charge on any atom is -0.478 e. The third-order valence-corrected chi connectivity index (χ3v) is 3.24. The fourth-order valence-electron chi connectivity index (χ4n) is 2.09. The molecule has 21 heavy (non-hydrogen) atoms. The lowest BCUT2D eigenvalue weighted by molar-refractivity contribution is 0.0696. The fourth-order valence-corrected chi connectivity index (χ4v) is 2.09.